The first kappa shape index (κ1) is 19.2. The summed E-state index contributed by atoms with van der Waals surface area (Å²) in [5, 5.41) is 0. The summed E-state index contributed by atoms with van der Waals surface area (Å²) in [5.74, 6) is 0.139. The molecule has 2 fully saturated rings. The highest BCUT2D eigenvalue weighted by molar-refractivity contribution is 14.1. The minimum Gasteiger partial charge on any atom is -0.405 e. The van der Waals surface area contributed by atoms with Gasteiger partial charge in [0, 0.05) is 15.9 Å². The van der Waals surface area contributed by atoms with Crippen LogP contribution >= 0.6 is 22.6 Å². The molecule has 4 atom stereocenters. The number of ether oxygens (including phenoxy) is 3. The summed E-state index contributed by atoms with van der Waals surface area (Å²) in [5.41, 5.74) is -0.228. The van der Waals surface area contributed by atoms with Crippen LogP contribution in [-0.2, 0) is 16.1 Å². The lowest BCUT2D eigenvalue weighted by atomic mass is 9.75. The molecule has 2 heterocycles. The SMILES string of the molecule is CC(C)C12CC(OCc3ccccc3OC(F)(F)F)C(C)(CC1I)O2. The van der Waals surface area contributed by atoms with Crippen molar-refractivity contribution >= 4 is 22.6 Å². The monoisotopic (exact) mass is 470 g/mol. The van der Waals surface area contributed by atoms with Crippen molar-refractivity contribution in [3.63, 3.8) is 0 Å². The summed E-state index contributed by atoms with van der Waals surface area (Å²) in [4.78, 5) is 0. The fourth-order valence-electron chi connectivity index (χ4n) is 3.93. The maximum atomic E-state index is 12.5. The summed E-state index contributed by atoms with van der Waals surface area (Å²) in [7, 11) is 0. The topological polar surface area (TPSA) is 27.7 Å². The Hall–Kier alpha value is -0.540. The lowest BCUT2D eigenvalue weighted by Crippen LogP contribution is -2.44. The van der Waals surface area contributed by atoms with Crippen molar-refractivity contribution in [3.8, 4) is 5.75 Å². The molecule has 1 aromatic carbocycles. The number of para-hydroxylation sites is 1. The van der Waals surface area contributed by atoms with Crippen LogP contribution in [0, 0.1) is 5.92 Å². The highest BCUT2D eigenvalue weighted by atomic mass is 127. The molecular weight excluding hydrogens is 448 g/mol. The maximum absolute atomic E-state index is 12.5. The summed E-state index contributed by atoms with van der Waals surface area (Å²) >= 11 is 2.45. The van der Waals surface area contributed by atoms with Crippen LogP contribution in [0.4, 0.5) is 13.2 Å². The van der Waals surface area contributed by atoms with E-state index in [0.29, 0.717) is 15.4 Å². The molecule has 1 aromatic rings. The molecule has 2 bridgehead atoms. The summed E-state index contributed by atoms with van der Waals surface area (Å²) in [6.45, 7) is 6.40. The number of hydrogen-bond acceptors (Lipinski definition) is 3. The number of hydrogen-bond donors (Lipinski definition) is 0. The molecule has 2 aliphatic rings. The Kier molecular flexibility index (Phi) is 5.05. The zero-order chi connectivity index (χ0) is 18.5. The molecule has 0 aliphatic carbocycles. The minimum atomic E-state index is -4.71. The lowest BCUT2D eigenvalue weighted by molar-refractivity contribution is -0.275. The van der Waals surface area contributed by atoms with E-state index in [-0.39, 0.29) is 24.1 Å². The highest BCUT2D eigenvalue weighted by Gasteiger charge is 2.65. The molecule has 0 amide bonds. The molecule has 3 nitrogen and oxygen atoms in total. The Morgan fingerprint density at radius 2 is 1.96 bits per heavy atom. The second-order valence-electron chi connectivity index (χ2n) is 7.36. The van der Waals surface area contributed by atoms with Gasteiger partial charge in [-0.15, -0.1) is 13.2 Å². The van der Waals surface area contributed by atoms with Crippen LogP contribution in [0.15, 0.2) is 24.3 Å². The quantitative estimate of drug-likeness (QED) is 0.435. The third-order valence-corrected chi connectivity index (χ3v) is 6.83. The normalized spacial score (nSPS) is 34.7. The van der Waals surface area contributed by atoms with Gasteiger partial charge in [0.15, 0.2) is 0 Å². The van der Waals surface area contributed by atoms with Crippen LogP contribution in [0.1, 0.15) is 39.2 Å². The molecule has 3 rings (SSSR count). The number of rotatable bonds is 5. The van der Waals surface area contributed by atoms with Crippen molar-refractivity contribution in [2.75, 3.05) is 0 Å². The van der Waals surface area contributed by atoms with E-state index >= 15 is 0 Å². The van der Waals surface area contributed by atoms with Crippen molar-refractivity contribution < 1.29 is 27.4 Å². The van der Waals surface area contributed by atoms with Crippen LogP contribution in [-0.4, -0.2) is 27.6 Å². The predicted molar refractivity (Wildman–Crippen MR) is 95.8 cm³/mol. The Morgan fingerprint density at radius 3 is 2.56 bits per heavy atom. The van der Waals surface area contributed by atoms with Gasteiger partial charge in [-0.1, -0.05) is 54.6 Å². The van der Waals surface area contributed by atoms with Gasteiger partial charge >= 0.3 is 6.36 Å². The molecule has 0 spiro atoms. The molecule has 0 aromatic heterocycles. The molecule has 25 heavy (non-hydrogen) atoms. The molecule has 4 unspecified atom stereocenters. The minimum absolute atomic E-state index is 0.0654. The Morgan fingerprint density at radius 1 is 1.28 bits per heavy atom. The van der Waals surface area contributed by atoms with Crippen molar-refractivity contribution in [1.82, 2.24) is 0 Å². The summed E-state index contributed by atoms with van der Waals surface area (Å²) in [6, 6.07) is 6.09. The Balaban J connectivity index is 1.72. The average Bonchev–Trinajstić information content (AvgIpc) is 2.93. The first-order chi connectivity index (χ1) is 11.6. The summed E-state index contributed by atoms with van der Waals surface area (Å²) in [6.07, 6.45) is -3.21. The second kappa shape index (κ2) is 6.56. The van der Waals surface area contributed by atoms with E-state index in [1.54, 1.807) is 12.1 Å². The van der Waals surface area contributed by atoms with E-state index in [1.165, 1.54) is 12.1 Å². The molecule has 140 valence electrons. The van der Waals surface area contributed by atoms with Crippen LogP contribution in [0.2, 0.25) is 0 Å². The van der Waals surface area contributed by atoms with Crippen molar-refractivity contribution in [3.05, 3.63) is 29.8 Å². The largest absolute Gasteiger partial charge is 0.573 e. The number of benzene rings is 1. The first-order valence-electron chi connectivity index (χ1n) is 8.35. The zero-order valence-corrected chi connectivity index (χ0v) is 16.6. The van der Waals surface area contributed by atoms with Crippen molar-refractivity contribution in [2.24, 2.45) is 5.92 Å². The third kappa shape index (κ3) is 3.64. The van der Waals surface area contributed by atoms with Gasteiger partial charge in [-0.05, 0) is 25.3 Å². The van der Waals surface area contributed by atoms with Crippen molar-refractivity contribution in [2.45, 2.75) is 67.8 Å². The fourth-order valence-corrected chi connectivity index (χ4v) is 5.90. The van der Waals surface area contributed by atoms with E-state index in [4.69, 9.17) is 9.47 Å². The van der Waals surface area contributed by atoms with Gasteiger partial charge < -0.3 is 14.2 Å². The maximum Gasteiger partial charge on any atom is 0.573 e. The molecule has 0 radical (unpaired) electrons. The molecule has 2 saturated heterocycles. The van der Waals surface area contributed by atoms with Gasteiger partial charge in [0.1, 0.15) is 5.75 Å². The smallest absolute Gasteiger partial charge is 0.405 e. The number of halogens is 4. The van der Waals surface area contributed by atoms with Crippen LogP contribution < -0.4 is 4.74 Å². The van der Waals surface area contributed by atoms with Crippen LogP contribution in [0.5, 0.6) is 5.75 Å². The zero-order valence-electron chi connectivity index (χ0n) is 14.4. The Bertz CT molecular complexity index is 636. The molecule has 0 N–H and O–H groups in total. The van der Waals surface area contributed by atoms with E-state index in [9.17, 15) is 13.2 Å². The molecule has 2 aliphatic heterocycles. The van der Waals surface area contributed by atoms with E-state index in [0.717, 1.165) is 12.8 Å². The van der Waals surface area contributed by atoms with E-state index in [2.05, 4.69) is 41.2 Å². The fraction of sp³-hybridized carbons (Fsp3) is 0.667. The number of fused-ring (bicyclic) bond motifs is 2. The standard InChI is InChI=1S/C18H22F3IO3/c1-11(2)17-9-15(16(3,25-17)8-14(17)22)23-10-12-6-4-5-7-13(12)24-18(19,20)21/h4-7,11,14-15H,8-10H2,1-3H3. The van der Waals surface area contributed by atoms with Gasteiger partial charge in [0.2, 0.25) is 0 Å². The van der Waals surface area contributed by atoms with Gasteiger partial charge in [-0.3, -0.25) is 0 Å². The molecule has 7 heteroatoms. The van der Waals surface area contributed by atoms with Gasteiger partial charge in [0.05, 0.1) is 23.9 Å². The number of alkyl halides is 4. The van der Waals surface area contributed by atoms with E-state index in [1.807, 2.05) is 6.92 Å². The molecular formula is C18H22F3IO3. The van der Waals surface area contributed by atoms with E-state index < -0.39 is 12.0 Å². The Labute approximate surface area is 159 Å². The van der Waals surface area contributed by atoms with Crippen LogP contribution in [0.3, 0.4) is 0 Å². The highest BCUT2D eigenvalue weighted by Crippen LogP contribution is 2.57. The van der Waals surface area contributed by atoms with Gasteiger partial charge in [-0.2, -0.15) is 0 Å². The first-order valence-corrected chi connectivity index (χ1v) is 9.60. The average molecular weight is 470 g/mol. The predicted octanol–water partition coefficient (Wildman–Crippen LogP) is 5.25. The lowest BCUT2D eigenvalue weighted by Gasteiger charge is -2.35. The molecule has 0 saturated carbocycles. The van der Waals surface area contributed by atoms with Crippen molar-refractivity contribution in [1.29, 1.82) is 0 Å². The van der Waals surface area contributed by atoms with Crippen LogP contribution in [0.25, 0.3) is 0 Å². The third-order valence-electron chi connectivity index (χ3n) is 5.34. The second-order valence-corrected chi connectivity index (χ2v) is 8.86. The van der Waals surface area contributed by atoms with Gasteiger partial charge in [0.25, 0.3) is 0 Å². The van der Waals surface area contributed by atoms with Gasteiger partial charge in [-0.25, -0.2) is 0 Å². The summed E-state index contributed by atoms with van der Waals surface area (Å²) < 4.78 is 54.6.